The van der Waals surface area contributed by atoms with Crippen molar-refractivity contribution in [1.29, 1.82) is 0 Å². The molecule has 0 aliphatic heterocycles. The third-order valence-corrected chi connectivity index (χ3v) is 4.10. The van der Waals surface area contributed by atoms with Crippen LogP contribution < -0.4 is 5.32 Å². The highest BCUT2D eigenvalue weighted by Gasteiger charge is 2.17. The van der Waals surface area contributed by atoms with E-state index < -0.39 is 0 Å². The Balaban J connectivity index is 1.84. The SMILES string of the molecule is CC(Nc1ccncn1)c1nc2ccc(F)cc2cc1-c1ccccn1. The predicted octanol–water partition coefficient (Wildman–Crippen LogP) is 4.40. The average Bonchev–Trinajstić information content (AvgIpc) is 2.68. The van der Waals surface area contributed by atoms with Crippen LogP contribution in [0.1, 0.15) is 18.7 Å². The predicted molar refractivity (Wildman–Crippen MR) is 99.0 cm³/mol. The standard InChI is InChI=1S/C20H16FN5/c1-13(25-19-7-9-22-12-24-19)20-16(18-4-2-3-8-23-18)11-14-10-15(21)5-6-17(14)26-20/h2-13H,1H3,(H,22,24,25). The number of pyridine rings is 2. The monoisotopic (exact) mass is 345 g/mol. The molecule has 4 aromatic rings. The number of anilines is 1. The van der Waals surface area contributed by atoms with Crippen LogP contribution in [0.25, 0.3) is 22.2 Å². The average molecular weight is 345 g/mol. The van der Waals surface area contributed by atoms with Crippen molar-refractivity contribution in [2.24, 2.45) is 0 Å². The molecule has 128 valence electrons. The second-order valence-electron chi connectivity index (χ2n) is 5.93. The van der Waals surface area contributed by atoms with Crippen molar-refractivity contribution in [1.82, 2.24) is 19.9 Å². The highest BCUT2D eigenvalue weighted by molar-refractivity contribution is 5.84. The topological polar surface area (TPSA) is 63.6 Å². The van der Waals surface area contributed by atoms with Gasteiger partial charge in [0.25, 0.3) is 0 Å². The van der Waals surface area contributed by atoms with Gasteiger partial charge in [0.2, 0.25) is 0 Å². The van der Waals surface area contributed by atoms with Gasteiger partial charge in [-0.05, 0) is 49.4 Å². The van der Waals surface area contributed by atoms with Crippen LogP contribution in [-0.4, -0.2) is 19.9 Å². The number of rotatable bonds is 4. The summed E-state index contributed by atoms with van der Waals surface area (Å²) in [6.07, 6.45) is 4.90. The molecule has 1 unspecified atom stereocenters. The lowest BCUT2D eigenvalue weighted by molar-refractivity contribution is 0.629. The third kappa shape index (κ3) is 3.21. The molecule has 0 spiro atoms. The fourth-order valence-corrected chi connectivity index (χ4v) is 2.89. The second kappa shape index (κ2) is 6.84. The second-order valence-corrected chi connectivity index (χ2v) is 5.93. The maximum Gasteiger partial charge on any atom is 0.129 e. The summed E-state index contributed by atoms with van der Waals surface area (Å²) in [5.41, 5.74) is 3.20. The quantitative estimate of drug-likeness (QED) is 0.594. The summed E-state index contributed by atoms with van der Waals surface area (Å²) < 4.78 is 13.6. The Bertz CT molecular complexity index is 1040. The van der Waals surface area contributed by atoms with Crippen LogP contribution in [0.2, 0.25) is 0 Å². The molecule has 3 aromatic heterocycles. The molecule has 0 aliphatic rings. The van der Waals surface area contributed by atoms with E-state index >= 15 is 0 Å². The smallest absolute Gasteiger partial charge is 0.129 e. The van der Waals surface area contributed by atoms with Crippen LogP contribution in [-0.2, 0) is 0 Å². The van der Waals surface area contributed by atoms with Crippen LogP contribution in [0, 0.1) is 5.82 Å². The van der Waals surface area contributed by atoms with Crippen LogP contribution in [0.4, 0.5) is 10.2 Å². The van der Waals surface area contributed by atoms with Gasteiger partial charge in [0, 0.05) is 23.3 Å². The number of fused-ring (bicyclic) bond motifs is 1. The molecule has 1 atom stereocenters. The Kier molecular flexibility index (Phi) is 4.23. The summed E-state index contributed by atoms with van der Waals surface area (Å²) in [6, 6.07) is 13.9. The molecule has 0 amide bonds. The zero-order valence-corrected chi connectivity index (χ0v) is 14.1. The van der Waals surface area contributed by atoms with E-state index in [1.54, 1.807) is 24.5 Å². The van der Waals surface area contributed by atoms with Gasteiger partial charge in [-0.15, -0.1) is 0 Å². The number of hydrogen-bond donors (Lipinski definition) is 1. The number of nitrogens with one attached hydrogen (secondary N) is 1. The van der Waals surface area contributed by atoms with Gasteiger partial charge in [0.05, 0.1) is 22.9 Å². The molecule has 0 bridgehead atoms. The molecule has 0 saturated heterocycles. The first-order valence-electron chi connectivity index (χ1n) is 8.25. The molecule has 0 fully saturated rings. The van der Waals surface area contributed by atoms with Crippen molar-refractivity contribution in [3.63, 3.8) is 0 Å². The molecule has 3 heterocycles. The lowest BCUT2D eigenvalue weighted by atomic mass is 10.0. The van der Waals surface area contributed by atoms with Gasteiger partial charge in [0.1, 0.15) is 18.0 Å². The Morgan fingerprint density at radius 3 is 2.69 bits per heavy atom. The highest BCUT2D eigenvalue weighted by atomic mass is 19.1. The first-order valence-corrected chi connectivity index (χ1v) is 8.25. The van der Waals surface area contributed by atoms with E-state index in [2.05, 4.69) is 20.3 Å². The molecule has 26 heavy (non-hydrogen) atoms. The van der Waals surface area contributed by atoms with E-state index in [0.717, 1.165) is 27.9 Å². The van der Waals surface area contributed by atoms with Crippen molar-refractivity contribution < 1.29 is 4.39 Å². The molecular weight excluding hydrogens is 329 g/mol. The van der Waals surface area contributed by atoms with E-state index in [4.69, 9.17) is 4.98 Å². The van der Waals surface area contributed by atoms with Crippen LogP contribution in [0.5, 0.6) is 0 Å². The van der Waals surface area contributed by atoms with Gasteiger partial charge >= 0.3 is 0 Å². The fourth-order valence-electron chi connectivity index (χ4n) is 2.89. The molecule has 1 N–H and O–H groups in total. The number of aromatic nitrogens is 4. The summed E-state index contributed by atoms with van der Waals surface area (Å²) in [5, 5.41) is 4.07. The Morgan fingerprint density at radius 1 is 1.00 bits per heavy atom. The summed E-state index contributed by atoms with van der Waals surface area (Å²) in [6.45, 7) is 2.01. The molecule has 0 aliphatic carbocycles. The molecule has 1 aromatic carbocycles. The molecular formula is C20H16FN5. The number of benzene rings is 1. The number of nitrogens with zero attached hydrogens (tertiary/aromatic N) is 4. The highest BCUT2D eigenvalue weighted by Crippen LogP contribution is 2.30. The van der Waals surface area contributed by atoms with Gasteiger partial charge in [0.15, 0.2) is 0 Å². The Morgan fingerprint density at radius 2 is 1.92 bits per heavy atom. The van der Waals surface area contributed by atoms with Crippen molar-refractivity contribution in [3.8, 4) is 11.3 Å². The van der Waals surface area contributed by atoms with E-state index in [0.29, 0.717) is 5.82 Å². The van der Waals surface area contributed by atoms with Crippen molar-refractivity contribution >= 4 is 16.7 Å². The summed E-state index contributed by atoms with van der Waals surface area (Å²) in [7, 11) is 0. The van der Waals surface area contributed by atoms with E-state index in [1.807, 2.05) is 31.2 Å². The zero-order chi connectivity index (χ0) is 17.9. The maximum absolute atomic E-state index is 13.6. The Hall–Kier alpha value is -3.41. The normalized spacial score (nSPS) is 12.1. The number of halogens is 1. The first kappa shape index (κ1) is 16.1. The van der Waals surface area contributed by atoms with Gasteiger partial charge in [-0.25, -0.2) is 19.3 Å². The Labute approximate surface area is 150 Å². The molecule has 0 radical (unpaired) electrons. The third-order valence-electron chi connectivity index (χ3n) is 4.10. The van der Waals surface area contributed by atoms with Crippen LogP contribution in [0.3, 0.4) is 0 Å². The largest absolute Gasteiger partial charge is 0.362 e. The minimum atomic E-state index is -0.286. The fraction of sp³-hybridized carbons (Fsp3) is 0.100. The summed E-state index contributed by atoms with van der Waals surface area (Å²) in [5.74, 6) is 0.423. The van der Waals surface area contributed by atoms with Crippen molar-refractivity contribution in [2.45, 2.75) is 13.0 Å². The minimum absolute atomic E-state index is 0.128. The van der Waals surface area contributed by atoms with E-state index in [1.165, 1.54) is 18.5 Å². The maximum atomic E-state index is 13.6. The van der Waals surface area contributed by atoms with Gasteiger partial charge in [-0.1, -0.05) is 6.07 Å². The zero-order valence-electron chi connectivity index (χ0n) is 14.1. The summed E-state index contributed by atoms with van der Waals surface area (Å²) >= 11 is 0. The van der Waals surface area contributed by atoms with E-state index in [-0.39, 0.29) is 11.9 Å². The van der Waals surface area contributed by atoms with Crippen LogP contribution >= 0.6 is 0 Å². The van der Waals surface area contributed by atoms with Gasteiger partial charge in [-0.3, -0.25) is 4.98 Å². The number of hydrogen-bond acceptors (Lipinski definition) is 5. The van der Waals surface area contributed by atoms with Gasteiger partial charge in [-0.2, -0.15) is 0 Å². The molecule has 6 heteroatoms. The molecule has 0 saturated carbocycles. The lowest BCUT2D eigenvalue weighted by Crippen LogP contribution is -2.11. The van der Waals surface area contributed by atoms with E-state index in [9.17, 15) is 4.39 Å². The first-order chi connectivity index (χ1) is 12.7. The van der Waals surface area contributed by atoms with Gasteiger partial charge < -0.3 is 5.32 Å². The minimum Gasteiger partial charge on any atom is -0.362 e. The molecule has 5 nitrogen and oxygen atoms in total. The van der Waals surface area contributed by atoms with Crippen LogP contribution in [0.15, 0.2) is 67.3 Å². The van der Waals surface area contributed by atoms with Crippen molar-refractivity contribution in [3.05, 3.63) is 78.8 Å². The lowest BCUT2D eigenvalue weighted by Gasteiger charge is -2.18. The summed E-state index contributed by atoms with van der Waals surface area (Å²) in [4.78, 5) is 17.4. The van der Waals surface area contributed by atoms with Crippen molar-refractivity contribution in [2.75, 3.05) is 5.32 Å². The molecule has 4 rings (SSSR count).